The molecule has 1 aromatic heterocycles. The molecule has 1 N–H and O–H groups in total. The Morgan fingerprint density at radius 3 is 3.00 bits per heavy atom. The molecule has 0 saturated heterocycles. The van der Waals surface area contributed by atoms with E-state index in [2.05, 4.69) is 20.7 Å². The maximum atomic E-state index is 4.29. The van der Waals surface area contributed by atoms with Gasteiger partial charge < -0.3 is 5.32 Å². The van der Waals surface area contributed by atoms with Crippen molar-refractivity contribution in [1.82, 2.24) is 25.5 Å². The van der Waals surface area contributed by atoms with E-state index in [4.69, 9.17) is 0 Å². The maximum absolute atomic E-state index is 4.29. The SMILES string of the molecule is CNCC1CCCC1c1nnn(C)n1. The summed E-state index contributed by atoms with van der Waals surface area (Å²) in [5.41, 5.74) is 0. The minimum atomic E-state index is 0.510. The van der Waals surface area contributed by atoms with Gasteiger partial charge in [-0.15, -0.1) is 10.2 Å². The van der Waals surface area contributed by atoms with Gasteiger partial charge in [0, 0.05) is 5.92 Å². The van der Waals surface area contributed by atoms with Gasteiger partial charge in [0.15, 0.2) is 5.82 Å². The molecule has 14 heavy (non-hydrogen) atoms. The summed E-state index contributed by atoms with van der Waals surface area (Å²) in [6.07, 6.45) is 3.77. The second kappa shape index (κ2) is 4.04. The largest absolute Gasteiger partial charge is 0.319 e. The highest BCUT2D eigenvalue weighted by molar-refractivity contribution is 4.99. The highest BCUT2D eigenvalue weighted by Gasteiger charge is 2.31. The van der Waals surface area contributed by atoms with E-state index in [9.17, 15) is 0 Å². The van der Waals surface area contributed by atoms with Crippen LogP contribution in [0.3, 0.4) is 0 Å². The number of tetrazole rings is 1. The van der Waals surface area contributed by atoms with Crippen molar-refractivity contribution in [3.8, 4) is 0 Å². The van der Waals surface area contributed by atoms with E-state index >= 15 is 0 Å². The van der Waals surface area contributed by atoms with E-state index in [-0.39, 0.29) is 0 Å². The molecule has 2 atom stereocenters. The zero-order valence-electron chi connectivity index (χ0n) is 8.77. The summed E-state index contributed by atoms with van der Waals surface area (Å²) < 4.78 is 0. The molecule has 78 valence electrons. The summed E-state index contributed by atoms with van der Waals surface area (Å²) in [6.45, 7) is 1.06. The highest BCUT2D eigenvalue weighted by atomic mass is 15.6. The van der Waals surface area contributed by atoms with E-state index in [0.29, 0.717) is 11.8 Å². The fourth-order valence-electron chi connectivity index (χ4n) is 2.33. The van der Waals surface area contributed by atoms with Crippen molar-refractivity contribution in [3.05, 3.63) is 5.82 Å². The molecule has 5 nitrogen and oxygen atoms in total. The Labute approximate surface area is 83.9 Å². The summed E-state index contributed by atoms with van der Waals surface area (Å²) in [5.74, 6) is 2.12. The lowest BCUT2D eigenvalue weighted by atomic mass is 9.95. The normalized spacial score (nSPS) is 27.0. The smallest absolute Gasteiger partial charge is 0.178 e. The van der Waals surface area contributed by atoms with Gasteiger partial charge in [0.25, 0.3) is 0 Å². The molecule has 0 radical (unpaired) electrons. The van der Waals surface area contributed by atoms with Crippen molar-refractivity contribution >= 4 is 0 Å². The molecule has 0 aliphatic heterocycles. The molecule has 1 fully saturated rings. The van der Waals surface area contributed by atoms with Crippen LogP contribution in [0.4, 0.5) is 0 Å². The predicted octanol–water partition coefficient (Wildman–Crippen LogP) is 0.313. The fourth-order valence-corrected chi connectivity index (χ4v) is 2.33. The van der Waals surface area contributed by atoms with E-state index in [1.54, 1.807) is 4.80 Å². The Hall–Kier alpha value is -0.970. The molecular formula is C9H17N5. The maximum Gasteiger partial charge on any atom is 0.178 e. The van der Waals surface area contributed by atoms with Gasteiger partial charge in [-0.1, -0.05) is 6.42 Å². The monoisotopic (exact) mass is 195 g/mol. The van der Waals surface area contributed by atoms with E-state index in [1.165, 1.54) is 19.3 Å². The van der Waals surface area contributed by atoms with Crippen molar-refractivity contribution in [2.24, 2.45) is 13.0 Å². The van der Waals surface area contributed by atoms with Gasteiger partial charge in [-0.2, -0.15) is 4.80 Å². The van der Waals surface area contributed by atoms with E-state index in [1.807, 2.05) is 14.1 Å². The second-order valence-electron chi connectivity index (χ2n) is 3.99. The molecule has 1 aromatic rings. The highest BCUT2D eigenvalue weighted by Crippen LogP contribution is 2.37. The topological polar surface area (TPSA) is 55.6 Å². The summed E-state index contributed by atoms with van der Waals surface area (Å²) in [4.78, 5) is 1.55. The third-order valence-electron chi connectivity index (χ3n) is 2.98. The van der Waals surface area contributed by atoms with Crippen molar-refractivity contribution < 1.29 is 0 Å². The lowest BCUT2D eigenvalue weighted by Gasteiger charge is -2.15. The molecule has 2 rings (SSSR count). The number of rotatable bonds is 3. The van der Waals surface area contributed by atoms with Crippen molar-refractivity contribution in [1.29, 1.82) is 0 Å². The first-order valence-electron chi connectivity index (χ1n) is 5.19. The number of nitrogens with one attached hydrogen (secondary N) is 1. The van der Waals surface area contributed by atoms with Crippen molar-refractivity contribution in [3.63, 3.8) is 0 Å². The van der Waals surface area contributed by atoms with Gasteiger partial charge in [-0.05, 0) is 37.6 Å². The lowest BCUT2D eigenvalue weighted by Crippen LogP contribution is -2.21. The van der Waals surface area contributed by atoms with E-state index < -0.39 is 0 Å². The average molecular weight is 195 g/mol. The standard InChI is InChI=1S/C9H17N5/c1-10-6-7-4-3-5-8(7)9-11-13-14(2)12-9/h7-8,10H,3-6H2,1-2H3. The summed E-state index contributed by atoms with van der Waals surface area (Å²) in [7, 11) is 3.82. The Bertz CT molecular complexity index is 295. The molecule has 0 aromatic carbocycles. The van der Waals surface area contributed by atoms with E-state index in [0.717, 1.165) is 12.4 Å². The zero-order valence-corrected chi connectivity index (χ0v) is 8.77. The second-order valence-corrected chi connectivity index (χ2v) is 3.99. The molecule has 1 saturated carbocycles. The zero-order chi connectivity index (χ0) is 9.97. The Morgan fingerprint density at radius 2 is 2.36 bits per heavy atom. The Morgan fingerprint density at radius 1 is 1.50 bits per heavy atom. The van der Waals surface area contributed by atoms with Crippen LogP contribution in [-0.2, 0) is 7.05 Å². The van der Waals surface area contributed by atoms with Gasteiger partial charge in [0.1, 0.15) is 0 Å². The Kier molecular flexibility index (Phi) is 2.77. The van der Waals surface area contributed by atoms with Crippen LogP contribution in [0.25, 0.3) is 0 Å². The average Bonchev–Trinajstić information content (AvgIpc) is 2.74. The fraction of sp³-hybridized carbons (Fsp3) is 0.889. The molecule has 1 aliphatic carbocycles. The van der Waals surface area contributed by atoms with Crippen LogP contribution >= 0.6 is 0 Å². The van der Waals surface area contributed by atoms with Gasteiger partial charge in [-0.3, -0.25) is 0 Å². The van der Waals surface area contributed by atoms with Crippen molar-refractivity contribution in [2.75, 3.05) is 13.6 Å². The first-order chi connectivity index (χ1) is 6.81. The minimum Gasteiger partial charge on any atom is -0.319 e. The van der Waals surface area contributed by atoms with Gasteiger partial charge in [0.05, 0.1) is 7.05 Å². The molecule has 5 heteroatoms. The molecule has 1 heterocycles. The third-order valence-corrected chi connectivity index (χ3v) is 2.98. The number of aryl methyl sites for hydroxylation is 1. The molecule has 0 bridgehead atoms. The number of hydrogen-bond acceptors (Lipinski definition) is 4. The lowest BCUT2D eigenvalue weighted by molar-refractivity contribution is 0.446. The molecular weight excluding hydrogens is 178 g/mol. The van der Waals surface area contributed by atoms with Crippen LogP contribution in [0.1, 0.15) is 31.0 Å². The first kappa shape index (κ1) is 9.58. The number of nitrogens with zero attached hydrogens (tertiary/aromatic N) is 4. The van der Waals surface area contributed by atoms with Crippen LogP contribution in [0.15, 0.2) is 0 Å². The van der Waals surface area contributed by atoms with Crippen LogP contribution in [0.5, 0.6) is 0 Å². The molecule has 0 amide bonds. The van der Waals surface area contributed by atoms with Crippen molar-refractivity contribution in [2.45, 2.75) is 25.2 Å². The van der Waals surface area contributed by atoms with Crippen LogP contribution in [0, 0.1) is 5.92 Å². The number of hydrogen-bond donors (Lipinski definition) is 1. The third kappa shape index (κ3) is 1.77. The molecule has 0 spiro atoms. The molecule has 1 aliphatic rings. The van der Waals surface area contributed by atoms with Gasteiger partial charge in [0.2, 0.25) is 0 Å². The summed E-state index contributed by atoms with van der Waals surface area (Å²) in [5, 5.41) is 15.5. The Balaban J connectivity index is 2.09. The van der Waals surface area contributed by atoms with Gasteiger partial charge in [-0.25, -0.2) is 0 Å². The number of aromatic nitrogens is 4. The molecule has 2 unspecified atom stereocenters. The van der Waals surface area contributed by atoms with Crippen LogP contribution in [0.2, 0.25) is 0 Å². The quantitative estimate of drug-likeness (QED) is 0.754. The minimum absolute atomic E-state index is 0.510. The van der Waals surface area contributed by atoms with Gasteiger partial charge >= 0.3 is 0 Å². The predicted molar refractivity (Wildman–Crippen MR) is 52.8 cm³/mol. The first-order valence-corrected chi connectivity index (χ1v) is 5.19. The summed E-state index contributed by atoms with van der Waals surface area (Å²) >= 11 is 0. The van der Waals surface area contributed by atoms with Crippen LogP contribution in [-0.4, -0.2) is 33.8 Å². The summed E-state index contributed by atoms with van der Waals surface area (Å²) in [6, 6.07) is 0. The van der Waals surface area contributed by atoms with Crippen LogP contribution < -0.4 is 5.32 Å².